The van der Waals surface area contributed by atoms with E-state index in [1.807, 2.05) is 16.8 Å². The number of rotatable bonds is 5. The summed E-state index contributed by atoms with van der Waals surface area (Å²) < 4.78 is 12.7. The van der Waals surface area contributed by atoms with E-state index in [0.717, 1.165) is 10.8 Å². The topological polar surface area (TPSA) is 53.4 Å². The van der Waals surface area contributed by atoms with Crippen molar-refractivity contribution in [2.75, 3.05) is 12.5 Å². The number of ketones is 1. The second kappa shape index (κ2) is 6.88. The van der Waals surface area contributed by atoms with Gasteiger partial charge in [0, 0.05) is 18.0 Å². The van der Waals surface area contributed by atoms with E-state index < -0.39 is 0 Å². The number of carbonyl (C=O) groups is 1. The van der Waals surface area contributed by atoms with Crippen LogP contribution >= 0.6 is 11.8 Å². The number of benzene rings is 2. The zero-order valence-electron chi connectivity index (χ0n) is 14.6. The van der Waals surface area contributed by atoms with Crippen LogP contribution in [0.1, 0.15) is 21.5 Å². The highest BCUT2D eigenvalue weighted by Gasteiger charge is 2.17. The van der Waals surface area contributed by atoms with Crippen LogP contribution in [0.25, 0.3) is 5.69 Å². The molecule has 0 N–H and O–H groups in total. The van der Waals surface area contributed by atoms with Gasteiger partial charge in [0.15, 0.2) is 22.4 Å². The fraction of sp³-hybridized carbons (Fsp3) is 0.200. The molecule has 0 atom stereocenters. The van der Waals surface area contributed by atoms with E-state index in [1.54, 1.807) is 24.4 Å². The Morgan fingerprint density at radius 1 is 1.19 bits per heavy atom. The maximum Gasteiger partial charge on any atom is 0.231 e. The second-order valence-electron chi connectivity index (χ2n) is 6.08. The summed E-state index contributed by atoms with van der Waals surface area (Å²) in [4.78, 5) is 17.0. The first kappa shape index (κ1) is 16.7. The van der Waals surface area contributed by atoms with Crippen LogP contribution < -0.4 is 9.47 Å². The first-order chi connectivity index (χ1) is 12.6. The maximum atomic E-state index is 12.6. The summed E-state index contributed by atoms with van der Waals surface area (Å²) in [6.45, 7) is 4.39. The molecule has 132 valence electrons. The predicted octanol–water partition coefficient (Wildman–Crippen LogP) is 4.19. The molecule has 2 heterocycles. The van der Waals surface area contributed by atoms with Gasteiger partial charge in [-0.3, -0.25) is 9.36 Å². The van der Waals surface area contributed by atoms with Crippen LogP contribution in [0.15, 0.2) is 53.9 Å². The molecule has 26 heavy (non-hydrogen) atoms. The van der Waals surface area contributed by atoms with Gasteiger partial charge in [0.2, 0.25) is 6.79 Å². The Labute approximate surface area is 156 Å². The lowest BCUT2D eigenvalue weighted by Crippen LogP contribution is -2.05. The maximum absolute atomic E-state index is 12.6. The number of fused-ring (bicyclic) bond motifs is 1. The molecular formula is C20H18N2O3S. The third-order valence-electron chi connectivity index (χ3n) is 4.47. The first-order valence-electron chi connectivity index (χ1n) is 8.29. The zero-order valence-corrected chi connectivity index (χ0v) is 15.4. The molecule has 5 nitrogen and oxygen atoms in total. The molecule has 1 aliphatic rings. The summed E-state index contributed by atoms with van der Waals surface area (Å²) in [6.07, 6.45) is 3.68. The fourth-order valence-corrected chi connectivity index (χ4v) is 3.72. The largest absolute Gasteiger partial charge is 0.454 e. The van der Waals surface area contributed by atoms with Gasteiger partial charge in [-0.1, -0.05) is 23.9 Å². The van der Waals surface area contributed by atoms with E-state index in [-0.39, 0.29) is 12.6 Å². The Balaban J connectivity index is 1.52. The Morgan fingerprint density at radius 3 is 2.92 bits per heavy atom. The minimum Gasteiger partial charge on any atom is -0.454 e. The van der Waals surface area contributed by atoms with Crippen molar-refractivity contribution in [2.45, 2.75) is 19.0 Å². The number of aromatic nitrogens is 2. The molecular weight excluding hydrogens is 348 g/mol. The van der Waals surface area contributed by atoms with E-state index in [4.69, 9.17) is 9.47 Å². The lowest BCUT2D eigenvalue weighted by molar-refractivity contribution is 0.102. The molecule has 0 saturated heterocycles. The van der Waals surface area contributed by atoms with Crippen molar-refractivity contribution < 1.29 is 14.3 Å². The van der Waals surface area contributed by atoms with Gasteiger partial charge in [0.25, 0.3) is 0 Å². The molecule has 4 rings (SSSR count). The standard InChI is InChI=1S/C20H18N2O3S/c1-13-4-3-5-16(14(13)2)22-9-8-21-20(22)26-11-17(23)15-6-7-18-19(10-15)25-12-24-18/h3-10H,11-12H2,1-2H3. The SMILES string of the molecule is Cc1cccc(-n2ccnc2SCC(=O)c2ccc3c(c2)OCO3)c1C. The van der Waals surface area contributed by atoms with Crippen molar-refractivity contribution in [2.24, 2.45) is 0 Å². The van der Waals surface area contributed by atoms with Crippen LogP contribution in [-0.4, -0.2) is 27.9 Å². The van der Waals surface area contributed by atoms with Crippen LogP contribution in [0.3, 0.4) is 0 Å². The molecule has 6 heteroatoms. The number of hydrogen-bond acceptors (Lipinski definition) is 5. The number of Topliss-reactive ketones (excluding diaryl/α,β-unsaturated/α-hetero) is 1. The highest BCUT2D eigenvalue weighted by molar-refractivity contribution is 7.99. The third kappa shape index (κ3) is 3.08. The molecule has 3 aromatic rings. The third-order valence-corrected chi connectivity index (χ3v) is 5.44. The highest BCUT2D eigenvalue weighted by Crippen LogP contribution is 2.33. The number of aryl methyl sites for hydroxylation is 1. The van der Waals surface area contributed by atoms with Gasteiger partial charge in [0.05, 0.1) is 11.4 Å². The molecule has 2 aromatic carbocycles. The summed E-state index contributed by atoms with van der Waals surface area (Å²) in [5, 5.41) is 0.799. The second-order valence-corrected chi connectivity index (χ2v) is 7.02. The zero-order chi connectivity index (χ0) is 18.1. The molecule has 0 bridgehead atoms. The number of ether oxygens (including phenoxy) is 2. The van der Waals surface area contributed by atoms with E-state index in [0.29, 0.717) is 22.8 Å². The summed E-state index contributed by atoms with van der Waals surface area (Å²) >= 11 is 1.43. The monoisotopic (exact) mass is 366 g/mol. The number of imidazole rings is 1. The Morgan fingerprint density at radius 2 is 2.04 bits per heavy atom. The van der Waals surface area contributed by atoms with Crippen molar-refractivity contribution in [3.05, 3.63) is 65.5 Å². The van der Waals surface area contributed by atoms with Crippen molar-refractivity contribution in [1.29, 1.82) is 0 Å². The van der Waals surface area contributed by atoms with Gasteiger partial charge >= 0.3 is 0 Å². The Bertz CT molecular complexity index is 981. The van der Waals surface area contributed by atoms with Crippen LogP contribution in [0.4, 0.5) is 0 Å². The quantitative estimate of drug-likeness (QED) is 0.500. The highest BCUT2D eigenvalue weighted by atomic mass is 32.2. The minimum absolute atomic E-state index is 0.0313. The van der Waals surface area contributed by atoms with Gasteiger partial charge in [-0.05, 0) is 49.2 Å². The number of thioether (sulfide) groups is 1. The van der Waals surface area contributed by atoms with Crippen LogP contribution in [0, 0.1) is 13.8 Å². The minimum atomic E-state index is 0.0313. The molecule has 0 amide bonds. The summed E-state index contributed by atoms with van der Waals surface area (Å²) in [5.74, 6) is 1.64. The Kier molecular flexibility index (Phi) is 4.42. The van der Waals surface area contributed by atoms with E-state index in [9.17, 15) is 4.79 Å². The van der Waals surface area contributed by atoms with Crippen LogP contribution in [0.2, 0.25) is 0 Å². The number of carbonyl (C=O) groups excluding carboxylic acids is 1. The smallest absolute Gasteiger partial charge is 0.231 e. The van der Waals surface area contributed by atoms with Crippen molar-refractivity contribution in [3.8, 4) is 17.2 Å². The summed E-state index contributed by atoms with van der Waals surface area (Å²) in [7, 11) is 0. The first-order valence-corrected chi connectivity index (χ1v) is 9.27. The molecule has 1 aromatic heterocycles. The van der Waals surface area contributed by atoms with Crippen molar-refractivity contribution in [3.63, 3.8) is 0 Å². The molecule has 0 saturated carbocycles. The van der Waals surface area contributed by atoms with Crippen molar-refractivity contribution in [1.82, 2.24) is 9.55 Å². The summed E-state index contributed by atoms with van der Waals surface area (Å²) in [5.41, 5.74) is 4.13. The predicted molar refractivity (Wildman–Crippen MR) is 101 cm³/mol. The van der Waals surface area contributed by atoms with Crippen molar-refractivity contribution >= 4 is 17.5 Å². The summed E-state index contributed by atoms with van der Waals surface area (Å²) in [6, 6.07) is 11.5. The number of nitrogens with zero attached hydrogens (tertiary/aromatic N) is 2. The number of hydrogen-bond donors (Lipinski definition) is 0. The molecule has 1 aliphatic heterocycles. The average molecular weight is 366 g/mol. The molecule has 0 fully saturated rings. The van der Waals surface area contributed by atoms with E-state index in [1.165, 1.54) is 22.9 Å². The van der Waals surface area contributed by atoms with Gasteiger partial charge in [-0.25, -0.2) is 4.98 Å². The van der Waals surface area contributed by atoms with E-state index >= 15 is 0 Å². The van der Waals surface area contributed by atoms with Gasteiger partial charge in [-0.2, -0.15) is 0 Å². The molecule has 0 unspecified atom stereocenters. The molecule has 0 spiro atoms. The average Bonchev–Trinajstić information content (AvgIpc) is 3.30. The normalized spacial score (nSPS) is 12.4. The molecule has 0 aliphatic carbocycles. The lowest BCUT2D eigenvalue weighted by atomic mass is 10.1. The Hall–Kier alpha value is -2.73. The van der Waals surface area contributed by atoms with Gasteiger partial charge < -0.3 is 9.47 Å². The lowest BCUT2D eigenvalue weighted by Gasteiger charge is -2.12. The fourth-order valence-electron chi connectivity index (χ4n) is 2.86. The molecule has 0 radical (unpaired) electrons. The van der Waals surface area contributed by atoms with Gasteiger partial charge in [0.1, 0.15) is 0 Å². The van der Waals surface area contributed by atoms with Gasteiger partial charge in [-0.15, -0.1) is 0 Å². The van der Waals surface area contributed by atoms with Crippen LogP contribution in [0.5, 0.6) is 11.5 Å². The van der Waals surface area contributed by atoms with Crippen LogP contribution in [-0.2, 0) is 0 Å². The van der Waals surface area contributed by atoms with E-state index in [2.05, 4.69) is 31.0 Å².